The zero-order chi connectivity index (χ0) is 13.3. The summed E-state index contributed by atoms with van der Waals surface area (Å²) in [6, 6.07) is 9.46. The van der Waals surface area contributed by atoms with E-state index in [0.717, 1.165) is 28.5 Å². The Balaban J connectivity index is 2.73. The molecule has 0 unspecified atom stereocenters. The lowest BCUT2D eigenvalue weighted by atomic mass is 9.97. The number of aryl methyl sites for hydroxylation is 2. The van der Waals surface area contributed by atoms with E-state index in [0.29, 0.717) is 15.6 Å². The van der Waals surface area contributed by atoms with Gasteiger partial charge < -0.3 is 0 Å². The van der Waals surface area contributed by atoms with Crippen LogP contribution in [0.15, 0.2) is 30.3 Å². The summed E-state index contributed by atoms with van der Waals surface area (Å²) >= 11 is 12.1. The maximum atomic E-state index is 11.2. The van der Waals surface area contributed by atoms with Gasteiger partial charge in [0.1, 0.15) is 0 Å². The van der Waals surface area contributed by atoms with Gasteiger partial charge in [0.25, 0.3) is 0 Å². The molecular weight excluding hydrogens is 267 g/mol. The standard InChI is InChI=1S/C15H12Cl2O/c1-9-3-10(2)5-11(4-9)13-6-12(16)7-15(17)14(13)8-18/h3-8H,1-2H3. The first-order chi connectivity index (χ1) is 8.51. The predicted octanol–water partition coefficient (Wildman–Crippen LogP) is 5.09. The number of carbonyl (C=O) groups is 1. The van der Waals surface area contributed by atoms with Crippen molar-refractivity contribution < 1.29 is 4.79 Å². The van der Waals surface area contributed by atoms with Crippen molar-refractivity contribution in [2.24, 2.45) is 0 Å². The molecule has 0 spiro atoms. The summed E-state index contributed by atoms with van der Waals surface area (Å²) in [5, 5.41) is 0.909. The van der Waals surface area contributed by atoms with Crippen LogP contribution < -0.4 is 0 Å². The van der Waals surface area contributed by atoms with Gasteiger partial charge in [-0.05, 0) is 37.1 Å². The predicted molar refractivity (Wildman–Crippen MR) is 76.8 cm³/mol. The highest BCUT2D eigenvalue weighted by atomic mass is 35.5. The molecule has 0 bridgehead atoms. The molecule has 1 nitrogen and oxygen atoms in total. The number of hydrogen-bond acceptors (Lipinski definition) is 1. The Labute approximate surface area is 116 Å². The van der Waals surface area contributed by atoms with E-state index in [1.165, 1.54) is 0 Å². The van der Waals surface area contributed by atoms with Crippen LogP contribution in [0.5, 0.6) is 0 Å². The van der Waals surface area contributed by atoms with E-state index >= 15 is 0 Å². The summed E-state index contributed by atoms with van der Waals surface area (Å²) in [5.74, 6) is 0. The lowest BCUT2D eigenvalue weighted by molar-refractivity contribution is 0.112. The highest BCUT2D eigenvalue weighted by Gasteiger charge is 2.11. The van der Waals surface area contributed by atoms with Crippen LogP contribution in [0.1, 0.15) is 21.5 Å². The average Bonchev–Trinajstić information content (AvgIpc) is 2.26. The minimum atomic E-state index is 0.381. The Kier molecular flexibility index (Phi) is 3.74. The fraction of sp³-hybridized carbons (Fsp3) is 0.133. The molecular formula is C15H12Cl2O. The molecule has 0 fully saturated rings. The fourth-order valence-electron chi connectivity index (χ4n) is 2.07. The SMILES string of the molecule is Cc1cc(C)cc(-c2cc(Cl)cc(Cl)c2C=O)c1. The normalized spacial score (nSPS) is 10.4. The molecule has 0 saturated carbocycles. The Morgan fingerprint density at radius 2 is 1.56 bits per heavy atom. The van der Waals surface area contributed by atoms with Crippen LogP contribution in [0, 0.1) is 13.8 Å². The third-order valence-electron chi connectivity index (χ3n) is 2.74. The summed E-state index contributed by atoms with van der Waals surface area (Å²) in [5.41, 5.74) is 4.48. The molecule has 0 atom stereocenters. The van der Waals surface area contributed by atoms with E-state index in [2.05, 4.69) is 6.07 Å². The number of halogens is 2. The van der Waals surface area contributed by atoms with Gasteiger partial charge in [-0.25, -0.2) is 0 Å². The zero-order valence-electron chi connectivity index (χ0n) is 10.1. The second kappa shape index (κ2) is 5.13. The molecule has 0 aliphatic carbocycles. The molecule has 0 aliphatic heterocycles. The Morgan fingerprint density at radius 3 is 2.11 bits per heavy atom. The van der Waals surface area contributed by atoms with E-state index in [9.17, 15) is 4.79 Å². The van der Waals surface area contributed by atoms with Gasteiger partial charge in [-0.15, -0.1) is 0 Å². The first-order valence-electron chi connectivity index (χ1n) is 5.54. The Morgan fingerprint density at radius 1 is 0.944 bits per heavy atom. The molecule has 0 radical (unpaired) electrons. The van der Waals surface area contributed by atoms with Crippen LogP contribution in [-0.2, 0) is 0 Å². The zero-order valence-corrected chi connectivity index (χ0v) is 11.6. The third kappa shape index (κ3) is 2.58. The number of rotatable bonds is 2. The van der Waals surface area contributed by atoms with Crippen LogP contribution in [0.25, 0.3) is 11.1 Å². The topological polar surface area (TPSA) is 17.1 Å². The van der Waals surface area contributed by atoms with E-state index < -0.39 is 0 Å². The largest absolute Gasteiger partial charge is 0.298 e. The second-order valence-electron chi connectivity index (χ2n) is 4.34. The van der Waals surface area contributed by atoms with Crippen molar-refractivity contribution in [2.45, 2.75) is 13.8 Å². The van der Waals surface area contributed by atoms with Gasteiger partial charge in [0.2, 0.25) is 0 Å². The van der Waals surface area contributed by atoms with E-state index in [1.54, 1.807) is 12.1 Å². The van der Waals surface area contributed by atoms with Crippen molar-refractivity contribution in [3.8, 4) is 11.1 Å². The van der Waals surface area contributed by atoms with E-state index in [4.69, 9.17) is 23.2 Å². The van der Waals surface area contributed by atoms with Crippen LogP contribution >= 0.6 is 23.2 Å². The van der Waals surface area contributed by atoms with Gasteiger partial charge in [-0.3, -0.25) is 4.79 Å². The van der Waals surface area contributed by atoms with Gasteiger partial charge in [-0.1, -0.05) is 52.5 Å². The van der Waals surface area contributed by atoms with Gasteiger partial charge in [0, 0.05) is 10.6 Å². The highest BCUT2D eigenvalue weighted by Crippen LogP contribution is 2.32. The van der Waals surface area contributed by atoms with Crippen molar-refractivity contribution in [3.05, 3.63) is 57.1 Å². The Bertz CT molecular complexity index is 598. The minimum absolute atomic E-state index is 0.381. The van der Waals surface area contributed by atoms with Crippen LogP contribution in [0.3, 0.4) is 0 Å². The number of carbonyl (C=O) groups excluding carboxylic acids is 1. The lowest BCUT2D eigenvalue weighted by Crippen LogP contribution is -1.91. The molecule has 18 heavy (non-hydrogen) atoms. The maximum absolute atomic E-state index is 11.2. The van der Waals surface area contributed by atoms with Crippen LogP contribution in [0.2, 0.25) is 10.0 Å². The quantitative estimate of drug-likeness (QED) is 0.700. The van der Waals surface area contributed by atoms with Crippen molar-refractivity contribution in [3.63, 3.8) is 0 Å². The van der Waals surface area contributed by atoms with Crippen molar-refractivity contribution in [1.82, 2.24) is 0 Å². The molecule has 0 aromatic heterocycles. The summed E-state index contributed by atoms with van der Waals surface area (Å²) in [7, 11) is 0. The molecule has 3 heteroatoms. The second-order valence-corrected chi connectivity index (χ2v) is 5.19. The van der Waals surface area contributed by atoms with E-state index in [1.807, 2.05) is 26.0 Å². The van der Waals surface area contributed by atoms with Gasteiger partial charge in [-0.2, -0.15) is 0 Å². The summed E-state index contributed by atoms with van der Waals surface area (Å²) < 4.78 is 0. The average molecular weight is 279 g/mol. The fourth-order valence-corrected chi connectivity index (χ4v) is 2.61. The molecule has 0 heterocycles. The summed E-state index contributed by atoms with van der Waals surface area (Å²) in [6.07, 6.45) is 0.770. The minimum Gasteiger partial charge on any atom is -0.298 e. The van der Waals surface area contributed by atoms with Crippen LogP contribution in [0.4, 0.5) is 0 Å². The monoisotopic (exact) mass is 278 g/mol. The lowest BCUT2D eigenvalue weighted by Gasteiger charge is -2.10. The molecule has 0 aliphatic rings. The number of benzene rings is 2. The first-order valence-corrected chi connectivity index (χ1v) is 6.30. The first kappa shape index (κ1) is 13.1. The summed E-state index contributed by atoms with van der Waals surface area (Å²) in [4.78, 5) is 11.2. The Hall–Kier alpha value is -1.31. The summed E-state index contributed by atoms with van der Waals surface area (Å²) in [6.45, 7) is 4.03. The molecule has 2 aromatic carbocycles. The molecule has 92 valence electrons. The van der Waals surface area contributed by atoms with Crippen LogP contribution in [-0.4, -0.2) is 6.29 Å². The third-order valence-corrected chi connectivity index (χ3v) is 3.28. The molecule has 2 aromatic rings. The molecule has 0 N–H and O–H groups in total. The van der Waals surface area contributed by atoms with E-state index in [-0.39, 0.29) is 0 Å². The van der Waals surface area contributed by atoms with Gasteiger partial charge >= 0.3 is 0 Å². The molecule has 2 rings (SSSR count). The highest BCUT2D eigenvalue weighted by molar-refractivity contribution is 6.37. The van der Waals surface area contributed by atoms with Crippen molar-refractivity contribution >= 4 is 29.5 Å². The van der Waals surface area contributed by atoms with Crippen molar-refractivity contribution in [2.75, 3.05) is 0 Å². The number of hydrogen-bond donors (Lipinski definition) is 0. The van der Waals surface area contributed by atoms with Gasteiger partial charge in [0.15, 0.2) is 6.29 Å². The smallest absolute Gasteiger partial charge is 0.152 e. The molecule has 0 amide bonds. The maximum Gasteiger partial charge on any atom is 0.152 e. The molecule has 0 saturated heterocycles. The number of aldehydes is 1. The van der Waals surface area contributed by atoms with Gasteiger partial charge in [0.05, 0.1) is 5.02 Å². The van der Waals surface area contributed by atoms with Crippen molar-refractivity contribution in [1.29, 1.82) is 0 Å².